The van der Waals surface area contributed by atoms with Crippen LogP contribution < -0.4 is 5.32 Å². The maximum absolute atomic E-state index is 12.2. The number of phenolic OH excluding ortho intramolecular Hbond substituents is 2. The number of hydrogen-bond donors (Lipinski definition) is 3. The van der Waals surface area contributed by atoms with Gasteiger partial charge in [0.25, 0.3) is 5.91 Å². The number of hydrogen-bond acceptors (Lipinski definition) is 3. The third-order valence-corrected chi connectivity index (χ3v) is 3.15. The van der Waals surface area contributed by atoms with Crippen LogP contribution in [0.3, 0.4) is 0 Å². The Hall–Kier alpha value is -2.49. The molecular formula is C16H17NO3. The van der Waals surface area contributed by atoms with Crippen molar-refractivity contribution in [2.75, 3.05) is 5.32 Å². The van der Waals surface area contributed by atoms with Crippen molar-refractivity contribution < 1.29 is 15.0 Å². The number of phenols is 2. The molecule has 0 atom stereocenters. The van der Waals surface area contributed by atoms with Crippen LogP contribution in [0.4, 0.5) is 5.69 Å². The molecule has 2 aromatic carbocycles. The molecule has 0 aliphatic heterocycles. The predicted molar refractivity (Wildman–Crippen MR) is 78.4 cm³/mol. The molecule has 3 N–H and O–H groups in total. The Labute approximate surface area is 117 Å². The number of amides is 1. The summed E-state index contributed by atoms with van der Waals surface area (Å²) < 4.78 is 0. The predicted octanol–water partition coefficient (Wildman–Crippen LogP) is 3.28. The maximum atomic E-state index is 12.2. The van der Waals surface area contributed by atoms with Gasteiger partial charge in [0.05, 0.1) is 0 Å². The molecule has 4 heteroatoms. The number of rotatable bonds is 2. The molecule has 0 aliphatic carbocycles. The molecule has 2 rings (SSSR count). The first-order valence-electron chi connectivity index (χ1n) is 6.29. The van der Waals surface area contributed by atoms with Crippen molar-refractivity contribution >= 4 is 11.6 Å². The normalized spacial score (nSPS) is 10.3. The number of anilines is 1. The van der Waals surface area contributed by atoms with Gasteiger partial charge in [-0.05, 0) is 50.1 Å². The molecule has 104 valence electrons. The molecule has 0 radical (unpaired) electrons. The number of carbonyl (C=O) groups is 1. The summed E-state index contributed by atoms with van der Waals surface area (Å²) in [5, 5.41) is 21.5. The van der Waals surface area contributed by atoms with Gasteiger partial charge in [-0.25, -0.2) is 0 Å². The lowest BCUT2D eigenvalue weighted by molar-refractivity contribution is 0.102. The largest absolute Gasteiger partial charge is 0.504 e. The van der Waals surface area contributed by atoms with E-state index in [1.54, 1.807) is 0 Å². The number of aromatic hydroxyl groups is 2. The monoisotopic (exact) mass is 271 g/mol. The third-order valence-electron chi connectivity index (χ3n) is 3.15. The van der Waals surface area contributed by atoms with E-state index >= 15 is 0 Å². The Morgan fingerprint density at radius 1 is 0.950 bits per heavy atom. The number of aryl methyl sites for hydroxylation is 3. The second-order valence-electron chi connectivity index (χ2n) is 4.93. The number of carbonyl (C=O) groups excluding carboxylic acids is 1. The van der Waals surface area contributed by atoms with Crippen LogP contribution in [0.1, 0.15) is 27.0 Å². The standard InChI is InChI=1S/C16H17NO3/c1-9-6-10(2)15(11(3)7-9)17-16(20)12-4-5-13(18)14(19)8-12/h4-8,18-19H,1-3H3,(H,17,20). The summed E-state index contributed by atoms with van der Waals surface area (Å²) in [5.74, 6) is -0.880. The van der Waals surface area contributed by atoms with E-state index in [9.17, 15) is 15.0 Å². The van der Waals surface area contributed by atoms with Gasteiger partial charge in [0.15, 0.2) is 11.5 Å². The fourth-order valence-corrected chi connectivity index (χ4v) is 2.23. The molecule has 0 aromatic heterocycles. The van der Waals surface area contributed by atoms with Crippen molar-refractivity contribution in [2.45, 2.75) is 20.8 Å². The van der Waals surface area contributed by atoms with Crippen molar-refractivity contribution in [2.24, 2.45) is 0 Å². The van der Waals surface area contributed by atoms with Crippen molar-refractivity contribution in [1.82, 2.24) is 0 Å². The smallest absolute Gasteiger partial charge is 0.255 e. The Morgan fingerprint density at radius 3 is 2.10 bits per heavy atom. The zero-order valence-corrected chi connectivity index (χ0v) is 11.7. The number of benzene rings is 2. The highest BCUT2D eigenvalue weighted by Gasteiger charge is 2.12. The Balaban J connectivity index is 2.30. The summed E-state index contributed by atoms with van der Waals surface area (Å²) in [6.45, 7) is 5.87. The molecule has 0 spiro atoms. The fourth-order valence-electron chi connectivity index (χ4n) is 2.23. The van der Waals surface area contributed by atoms with Crippen LogP contribution in [0.25, 0.3) is 0 Å². The molecule has 20 heavy (non-hydrogen) atoms. The van der Waals surface area contributed by atoms with E-state index in [0.29, 0.717) is 5.56 Å². The molecule has 0 unspecified atom stereocenters. The second-order valence-corrected chi connectivity index (χ2v) is 4.93. The lowest BCUT2D eigenvalue weighted by atomic mass is 10.0. The first-order valence-corrected chi connectivity index (χ1v) is 6.29. The summed E-state index contributed by atoms with van der Waals surface area (Å²) in [4.78, 5) is 12.2. The molecule has 4 nitrogen and oxygen atoms in total. The summed E-state index contributed by atoms with van der Waals surface area (Å²) in [6.07, 6.45) is 0. The molecule has 0 aliphatic rings. The molecule has 0 fully saturated rings. The van der Waals surface area contributed by atoms with Crippen LogP contribution in [-0.4, -0.2) is 16.1 Å². The average Bonchev–Trinajstić information content (AvgIpc) is 2.36. The second kappa shape index (κ2) is 5.25. The lowest BCUT2D eigenvalue weighted by Crippen LogP contribution is -2.13. The van der Waals surface area contributed by atoms with Gasteiger partial charge in [-0.2, -0.15) is 0 Å². The first kappa shape index (κ1) is 13.9. The summed E-state index contributed by atoms with van der Waals surface area (Å²) >= 11 is 0. The van der Waals surface area contributed by atoms with Crippen LogP contribution in [-0.2, 0) is 0 Å². The van der Waals surface area contributed by atoms with Gasteiger partial charge in [-0.3, -0.25) is 4.79 Å². The highest BCUT2D eigenvalue weighted by atomic mass is 16.3. The molecule has 2 aromatic rings. The summed E-state index contributed by atoms with van der Waals surface area (Å²) in [6, 6.07) is 7.99. The van der Waals surface area contributed by atoms with Crippen LogP contribution >= 0.6 is 0 Å². The Morgan fingerprint density at radius 2 is 1.55 bits per heavy atom. The van der Waals surface area contributed by atoms with Crippen molar-refractivity contribution in [3.05, 3.63) is 52.6 Å². The lowest BCUT2D eigenvalue weighted by Gasteiger charge is -2.13. The Bertz CT molecular complexity index is 654. The fraction of sp³-hybridized carbons (Fsp3) is 0.188. The third kappa shape index (κ3) is 2.74. The van der Waals surface area contributed by atoms with Gasteiger partial charge in [-0.1, -0.05) is 17.7 Å². The zero-order valence-electron chi connectivity index (χ0n) is 11.7. The van der Waals surface area contributed by atoms with Gasteiger partial charge in [0.1, 0.15) is 0 Å². The molecule has 0 saturated carbocycles. The van der Waals surface area contributed by atoms with E-state index in [-0.39, 0.29) is 17.4 Å². The van der Waals surface area contributed by atoms with Crippen molar-refractivity contribution in [3.63, 3.8) is 0 Å². The zero-order chi connectivity index (χ0) is 14.9. The summed E-state index contributed by atoms with van der Waals surface area (Å²) in [5.41, 5.74) is 4.17. The van der Waals surface area contributed by atoms with E-state index in [2.05, 4.69) is 5.32 Å². The van der Waals surface area contributed by atoms with Crippen molar-refractivity contribution in [3.8, 4) is 11.5 Å². The highest BCUT2D eigenvalue weighted by molar-refractivity contribution is 6.05. The van der Waals surface area contributed by atoms with E-state index in [1.165, 1.54) is 18.2 Å². The SMILES string of the molecule is Cc1cc(C)c(NC(=O)c2ccc(O)c(O)c2)c(C)c1. The van der Waals surface area contributed by atoms with Gasteiger partial charge in [0.2, 0.25) is 0 Å². The van der Waals surface area contributed by atoms with Crippen LogP contribution in [0.5, 0.6) is 11.5 Å². The van der Waals surface area contributed by atoms with Gasteiger partial charge in [-0.15, -0.1) is 0 Å². The molecule has 0 saturated heterocycles. The minimum absolute atomic E-state index is 0.246. The minimum atomic E-state index is -0.324. The van der Waals surface area contributed by atoms with Crippen LogP contribution in [0, 0.1) is 20.8 Å². The average molecular weight is 271 g/mol. The van der Waals surface area contributed by atoms with E-state index < -0.39 is 0 Å². The molecular weight excluding hydrogens is 254 g/mol. The van der Waals surface area contributed by atoms with Crippen LogP contribution in [0.2, 0.25) is 0 Å². The van der Waals surface area contributed by atoms with E-state index in [4.69, 9.17) is 0 Å². The minimum Gasteiger partial charge on any atom is -0.504 e. The molecule has 1 amide bonds. The number of nitrogens with one attached hydrogen (secondary N) is 1. The first-order chi connectivity index (χ1) is 9.38. The van der Waals surface area contributed by atoms with Crippen molar-refractivity contribution in [1.29, 1.82) is 0 Å². The Kier molecular flexibility index (Phi) is 3.66. The topological polar surface area (TPSA) is 69.6 Å². The van der Waals surface area contributed by atoms with Crippen LogP contribution in [0.15, 0.2) is 30.3 Å². The van der Waals surface area contributed by atoms with E-state index in [1.807, 2.05) is 32.9 Å². The molecule has 0 bridgehead atoms. The van der Waals surface area contributed by atoms with Gasteiger partial charge in [0, 0.05) is 11.3 Å². The van der Waals surface area contributed by atoms with E-state index in [0.717, 1.165) is 22.4 Å². The molecule has 0 heterocycles. The summed E-state index contributed by atoms with van der Waals surface area (Å²) in [7, 11) is 0. The highest BCUT2D eigenvalue weighted by Crippen LogP contribution is 2.26. The maximum Gasteiger partial charge on any atom is 0.255 e. The quantitative estimate of drug-likeness (QED) is 0.734. The van der Waals surface area contributed by atoms with Gasteiger partial charge < -0.3 is 15.5 Å². The van der Waals surface area contributed by atoms with Gasteiger partial charge >= 0.3 is 0 Å².